The quantitative estimate of drug-likeness (QED) is 0.398. The molecule has 0 atom stereocenters. The Kier molecular flexibility index (Phi) is 6.44. The van der Waals surface area contributed by atoms with Crippen LogP contribution >= 0.6 is 15.2 Å². The molecular formula is C3H10O8P2. The van der Waals surface area contributed by atoms with E-state index in [4.69, 9.17) is 29.5 Å². The lowest BCUT2D eigenvalue weighted by atomic mass is 10.9. The van der Waals surface area contributed by atoms with Gasteiger partial charge in [-0.2, -0.15) is 0 Å². The smallest absolute Gasteiger partial charge is 0.337 e. The minimum Gasteiger partial charge on any atom is -0.481 e. The van der Waals surface area contributed by atoms with E-state index in [9.17, 15) is 9.13 Å². The fourth-order valence-electron chi connectivity index (χ4n) is 0.240. The normalized spacial score (nSPS) is 11.5. The number of carboxylic acid groups (broad SMARTS) is 1. The van der Waals surface area contributed by atoms with E-state index in [0.717, 1.165) is 6.92 Å². The predicted molar refractivity (Wildman–Crippen MR) is 42.3 cm³/mol. The molecule has 0 rings (SSSR count). The fourth-order valence-corrected chi connectivity index (χ4v) is 2.16. The predicted octanol–water partition coefficient (Wildman–Crippen LogP) is -0.610. The number of carboxylic acids is 1. The minimum absolute atomic E-state index is 0.833. The van der Waals surface area contributed by atoms with Crippen LogP contribution in [0.4, 0.5) is 0 Å². The van der Waals surface area contributed by atoms with E-state index in [-0.39, 0.29) is 0 Å². The van der Waals surface area contributed by atoms with Gasteiger partial charge in [-0.25, -0.2) is 0 Å². The molecule has 8 nitrogen and oxygen atoms in total. The van der Waals surface area contributed by atoms with E-state index >= 15 is 0 Å². The highest BCUT2D eigenvalue weighted by Crippen LogP contribution is 2.51. The average molecular weight is 236 g/mol. The number of hydrogen-bond donors (Lipinski definition) is 5. The first-order valence-corrected chi connectivity index (χ1v) is 6.32. The largest absolute Gasteiger partial charge is 0.481 e. The van der Waals surface area contributed by atoms with Crippen LogP contribution in [0, 0.1) is 0 Å². The van der Waals surface area contributed by atoms with Crippen molar-refractivity contribution in [2.75, 3.05) is 5.90 Å². The number of aliphatic carboxylic acids is 1. The summed E-state index contributed by atoms with van der Waals surface area (Å²) in [5.41, 5.74) is 0. The first kappa shape index (κ1) is 15.3. The maximum absolute atomic E-state index is 9.85. The summed E-state index contributed by atoms with van der Waals surface area (Å²) in [6.07, 6.45) is 0. The van der Waals surface area contributed by atoms with Gasteiger partial charge in [0, 0.05) is 6.92 Å². The Morgan fingerprint density at radius 3 is 1.23 bits per heavy atom. The van der Waals surface area contributed by atoms with Crippen LogP contribution in [0.2, 0.25) is 0 Å². The van der Waals surface area contributed by atoms with Crippen molar-refractivity contribution in [1.29, 1.82) is 0 Å². The van der Waals surface area contributed by atoms with E-state index < -0.39 is 27.1 Å². The summed E-state index contributed by atoms with van der Waals surface area (Å²) in [6, 6.07) is 0. The molecule has 10 heteroatoms. The number of rotatable bonds is 2. The van der Waals surface area contributed by atoms with Gasteiger partial charge in [0.15, 0.2) is 5.90 Å². The summed E-state index contributed by atoms with van der Waals surface area (Å²) in [4.78, 5) is 40.9. The lowest BCUT2D eigenvalue weighted by Gasteiger charge is -2.03. The summed E-state index contributed by atoms with van der Waals surface area (Å²) in [5.74, 6) is -2.21. The molecule has 0 bridgehead atoms. The zero-order valence-electron chi connectivity index (χ0n) is 6.56. The Morgan fingerprint density at radius 2 is 1.23 bits per heavy atom. The molecule has 0 aliphatic heterocycles. The third-order valence-corrected chi connectivity index (χ3v) is 3.32. The zero-order valence-corrected chi connectivity index (χ0v) is 8.35. The SMILES string of the molecule is CC(=O)O.O=P(O)(O)CP(=O)(O)O. The van der Waals surface area contributed by atoms with Crippen LogP contribution < -0.4 is 0 Å². The van der Waals surface area contributed by atoms with Crippen LogP contribution in [-0.2, 0) is 13.9 Å². The van der Waals surface area contributed by atoms with Crippen LogP contribution in [0.3, 0.4) is 0 Å². The van der Waals surface area contributed by atoms with E-state index in [0.29, 0.717) is 0 Å². The van der Waals surface area contributed by atoms with Crippen LogP contribution in [0.15, 0.2) is 0 Å². The van der Waals surface area contributed by atoms with Gasteiger partial charge in [-0.3, -0.25) is 13.9 Å². The van der Waals surface area contributed by atoms with E-state index in [1.807, 2.05) is 0 Å². The van der Waals surface area contributed by atoms with E-state index in [1.165, 1.54) is 0 Å². The highest BCUT2D eigenvalue weighted by molar-refractivity contribution is 7.69. The van der Waals surface area contributed by atoms with Gasteiger partial charge >= 0.3 is 15.2 Å². The summed E-state index contributed by atoms with van der Waals surface area (Å²) >= 11 is 0. The first-order chi connectivity index (χ1) is 5.44. The standard InChI is InChI=1S/C2H4O2.CH6O6P2/c1-2(3)4;2-8(3,4)1-9(5,6)7/h1H3,(H,3,4);1H2,(H2,2,3,4)(H2,5,6,7). The molecule has 0 heterocycles. The Morgan fingerprint density at radius 1 is 1.08 bits per heavy atom. The van der Waals surface area contributed by atoms with Crippen LogP contribution in [0.25, 0.3) is 0 Å². The van der Waals surface area contributed by atoms with Crippen molar-refractivity contribution in [1.82, 2.24) is 0 Å². The second-order valence-electron chi connectivity index (χ2n) is 1.99. The van der Waals surface area contributed by atoms with Crippen molar-refractivity contribution < 1.29 is 38.6 Å². The molecule has 0 aromatic carbocycles. The van der Waals surface area contributed by atoms with E-state index in [2.05, 4.69) is 0 Å². The lowest BCUT2D eigenvalue weighted by Crippen LogP contribution is -1.88. The second kappa shape index (κ2) is 5.49. The molecule has 0 spiro atoms. The van der Waals surface area contributed by atoms with Crippen LogP contribution in [0.1, 0.15) is 6.92 Å². The molecule has 0 fully saturated rings. The Hall–Kier alpha value is -0.230. The van der Waals surface area contributed by atoms with Gasteiger partial charge in [-0.15, -0.1) is 0 Å². The molecule has 0 saturated carbocycles. The van der Waals surface area contributed by atoms with Gasteiger partial charge in [0.2, 0.25) is 0 Å². The van der Waals surface area contributed by atoms with Crippen molar-refractivity contribution in [3.8, 4) is 0 Å². The maximum atomic E-state index is 9.85. The highest BCUT2D eigenvalue weighted by atomic mass is 31.2. The molecule has 0 aromatic rings. The molecule has 13 heavy (non-hydrogen) atoms. The molecular weight excluding hydrogens is 226 g/mol. The minimum atomic E-state index is -4.55. The molecule has 0 unspecified atom stereocenters. The molecule has 0 aliphatic rings. The zero-order chi connectivity index (χ0) is 11.3. The second-order valence-corrected chi connectivity index (χ2v) is 5.78. The van der Waals surface area contributed by atoms with Gasteiger partial charge in [-0.1, -0.05) is 0 Å². The van der Waals surface area contributed by atoms with Crippen molar-refractivity contribution >= 4 is 21.2 Å². The molecule has 0 radical (unpaired) electrons. The van der Waals surface area contributed by atoms with Crippen LogP contribution in [0.5, 0.6) is 0 Å². The molecule has 0 aliphatic carbocycles. The third-order valence-electron chi connectivity index (χ3n) is 0.368. The van der Waals surface area contributed by atoms with Gasteiger partial charge in [0.1, 0.15) is 0 Å². The Labute approximate surface area is 73.5 Å². The number of hydrogen-bond acceptors (Lipinski definition) is 3. The summed E-state index contributed by atoms with van der Waals surface area (Å²) in [5, 5.41) is 7.42. The molecule has 5 N–H and O–H groups in total. The maximum Gasteiger partial charge on any atom is 0.337 e. The van der Waals surface area contributed by atoms with Gasteiger partial charge in [0.25, 0.3) is 5.97 Å². The first-order valence-electron chi connectivity index (χ1n) is 2.73. The van der Waals surface area contributed by atoms with Gasteiger partial charge in [0.05, 0.1) is 0 Å². The average Bonchev–Trinajstić information content (AvgIpc) is 1.47. The summed E-state index contributed by atoms with van der Waals surface area (Å²) < 4.78 is 19.7. The lowest BCUT2D eigenvalue weighted by molar-refractivity contribution is -0.134. The van der Waals surface area contributed by atoms with Crippen LogP contribution in [-0.4, -0.2) is 36.6 Å². The van der Waals surface area contributed by atoms with E-state index in [1.54, 1.807) is 0 Å². The van der Waals surface area contributed by atoms with Crippen molar-refractivity contribution in [3.63, 3.8) is 0 Å². The van der Waals surface area contributed by atoms with Crippen molar-refractivity contribution in [2.24, 2.45) is 0 Å². The summed E-state index contributed by atoms with van der Waals surface area (Å²) in [6.45, 7) is 1.08. The fraction of sp³-hybridized carbons (Fsp3) is 0.667. The Bertz CT molecular complexity index is 222. The third kappa shape index (κ3) is 33.7. The molecule has 0 amide bonds. The topological polar surface area (TPSA) is 152 Å². The monoisotopic (exact) mass is 236 g/mol. The summed E-state index contributed by atoms with van der Waals surface area (Å²) in [7, 11) is -9.10. The molecule has 0 aromatic heterocycles. The molecule has 80 valence electrons. The van der Waals surface area contributed by atoms with Gasteiger partial charge in [-0.05, 0) is 0 Å². The number of carbonyl (C=O) groups is 1. The Balaban J connectivity index is 0. The van der Waals surface area contributed by atoms with Crippen molar-refractivity contribution in [3.05, 3.63) is 0 Å². The highest BCUT2D eigenvalue weighted by Gasteiger charge is 2.26. The van der Waals surface area contributed by atoms with Crippen molar-refractivity contribution in [2.45, 2.75) is 6.92 Å². The van der Waals surface area contributed by atoms with Gasteiger partial charge < -0.3 is 24.7 Å². The molecule has 0 saturated heterocycles.